The van der Waals surface area contributed by atoms with Gasteiger partial charge in [-0.25, -0.2) is 9.59 Å². The standard InChI is InChI=1S/C32H33F3N2O7/c1-4-5-16-42-23-13-9-12-22(17-23)31(2)29(39)37(15-14-36-30(40)43-20-21-10-7-6-8-11-21)26-18-24(28(38)41-3)25(32(33,34)35)19-27(26)44-31/h6-13,17-19H,4-5,14-16,20H2,1-3H3,(H,36,40). The number of benzene rings is 3. The van der Waals surface area contributed by atoms with E-state index in [-0.39, 0.29) is 31.1 Å². The number of halogens is 3. The normalized spacial score (nSPS) is 16.0. The highest BCUT2D eigenvalue weighted by Crippen LogP contribution is 2.46. The van der Waals surface area contributed by atoms with Gasteiger partial charge in [-0.15, -0.1) is 0 Å². The van der Waals surface area contributed by atoms with Gasteiger partial charge < -0.3 is 29.2 Å². The second-order valence-electron chi connectivity index (χ2n) is 10.2. The summed E-state index contributed by atoms with van der Waals surface area (Å²) in [5.41, 5.74) is -2.82. The van der Waals surface area contributed by atoms with Gasteiger partial charge in [0.25, 0.3) is 5.91 Å². The molecule has 0 spiro atoms. The Morgan fingerprint density at radius 2 is 1.80 bits per heavy atom. The Balaban J connectivity index is 1.67. The second-order valence-corrected chi connectivity index (χ2v) is 10.2. The monoisotopic (exact) mass is 614 g/mol. The van der Waals surface area contributed by atoms with Crippen molar-refractivity contribution < 1.29 is 46.5 Å². The largest absolute Gasteiger partial charge is 0.494 e. The SMILES string of the molecule is CCCCOc1cccc(C2(C)Oc3cc(C(F)(F)F)c(C(=O)OC)cc3N(CCNC(=O)OCc3ccccc3)C2=O)c1. The van der Waals surface area contributed by atoms with Crippen molar-refractivity contribution in [1.82, 2.24) is 5.32 Å². The molecule has 0 saturated carbocycles. The maximum absolute atomic E-state index is 14.1. The summed E-state index contributed by atoms with van der Waals surface area (Å²) in [7, 11) is 0.957. The third-order valence-corrected chi connectivity index (χ3v) is 7.04. The molecule has 12 heteroatoms. The highest BCUT2D eigenvalue weighted by molar-refractivity contribution is 6.05. The second kappa shape index (κ2) is 13.7. The molecule has 0 bridgehead atoms. The first kappa shape index (κ1) is 32.2. The summed E-state index contributed by atoms with van der Waals surface area (Å²) in [5.74, 6) is -1.69. The van der Waals surface area contributed by atoms with E-state index in [0.717, 1.165) is 31.6 Å². The number of carbonyl (C=O) groups excluding carboxylic acids is 3. The van der Waals surface area contributed by atoms with E-state index < -0.39 is 40.9 Å². The minimum absolute atomic E-state index is 0.0173. The van der Waals surface area contributed by atoms with Crippen molar-refractivity contribution in [2.45, 2.75) is 45.1 Å². The molecular weight excluding hydrogens is 581 g/mol. The number of carbonyl (C=O) groups is 3. The van der Waals surface area contributed by atoms with Gasteiger partial charge in [0.05, 0.1) is 30.5 Å². The number of nitrogens with one attached hydrogen (secondary N) is 1. The molecule has 1 aliphatic heterocycles. The number of hydrogen-bond donors (Lipinski definition) is 1. The zero-order valence-corrected chi connectivity index (χ0v) is 24.5. The molecule has 3 aromatic carbocycles. The number of methoxy groups -OCH3 is 1. The van der Waals surface area contributed by atoms with Crippen LogP contribution in [0.1, 0.15) is 53.7 Å². The van der Waals surface area contributed by atoms with Gasteiger partial charge in [0, 0.05) is 18.7 Å². The van der Waals surface area contributed by atoms with Crippen LogP contribution in [-0.2, 0) is 32.7 Å². The van der Waals surface area contributed by atoms with Gasteiger partial charge in [-0.05, 0) is 43.2 Å². The number of alkyl carbamates (subject to hydrolysis) is 1. The third kappa shape index (κ3) is 7.24. The Morgan fingerprint density at radius 3 is 2.48 bits per heavy atom. The molecular formula is C32H33F3N2O7. The third-order valence-electron chi connectivity index (χ3n) is 7.04. The summed E-state index contributed by atoms with van der Waals surface area (Å²) in [4.78, 5) is 40.0. The van der Waals surface area contributed by atoms with E-state index in [0.29, 0.717) is 24.0 Å². The van der Waals surface area contributed by atoms with Crippen molar-refractivity contribution in [3.05, 3.63) is 89.0 Å². The van der Waals surface area contributed by atoms with E-state index in [2.05, 4.69) is 10.1 Å². The van der Waals surface area contributed by atoms with Crippen molar-refractivity contribution in [2.75, 3.05) is 31.7 Å². The molecule has 1 heterocycles. The number of nitrogens with zero attached hydrogens (tertiary/aromatic N) is 1. The molecule has 0 radical (unpaired) electrons. The Bertz CT molecular complexity index is 1500. The number of esters is 1. The first-order chi connectivity index (χ1) is 21.0. The molecule has 4 rings (SSSR count). The van der Waals surface area contributed by atoms with Crippen molar-refractivity contribution >= 4 is 23.7 Å². The summed E-state index contributed by atoms with van der Waals surface area (Å²) < 4.78 is 63.8. The molecule has 0 fully saturated rings. The van der Waals surface area contributed by atoms with Crippen LogP contribution in [0.25, 0.3) is 0 Å². The fourth-order valence-corrected chi connectivity index (χ4v) is 4.67. The zero-order chi connectivity index (χ0) is 31.9. The van der Waals surface area contributed by atoms with E-state index in [9.17, 15) is 27.6 Å². The van der Waals surface area contributed by atoms with Crippen LogP contribution >= 0.6 is 0 Å². The fraction of sp³-hybridized carbons (Fsp3) is 0.344. The van der Waals surface area contributed by atoms with E-state index in [1.165, 1.54) is 11.8 Å². The van der Waals surface area contributed by atoms with E-state index in [4.69, 9.17) is 14.2 Å². The molecule has 2 amide bonds. The molecule has 1 aliphatic rings. The zero-order valence-electron chi connectivity index (χ0n) is 24.5. The summed E-state index contributed by atoms with van der Waals surface area (Å²) >= 11 is 0. The molecule has 1 unspecified atom stereocenters. The lowest BCUT2D eigenvalue weighted by atomic mass is 9.91. The van der Waals surface area contributed by atoms with Gasteiger partial charge >= 0.3 is 18.2 Å². The van der Waals surface area contributed by atoms with Gasteiger partial charge in [0.15, 0.2) is 0 Å². The van der Waals surface area contributed by atoms with Crippen LogP contribution in [0.15, 0.2) is 66.7 Å². The van der Waals surface area contributed by atoms with Crippen molar-refractivity contribution in [3.63, 3.8) is 0 Å². The number of unbranched alkanes of at least 4 members (excludes halogenated alkanes) is 1. The molecule has 44 heavy (non-hydrogen) atoms. The van der Waals surface area contributed by atoms with Crippen LogP contribution in [0.2, 0.25) is 0 Å². The number of hydrogen-bond acceptors (Lipinski definition) is 7. The van der Waals surface area contributed by atoms with Crippen LogP contribution in [-0.4, -0.2) is 44.8 Å². The summed E-state index contributed by atoms with van der Waals surface area (Å²) in [6.45, 7) is 3.62. The lowest BCUT2D eigenvalue weighted by molar-refractivity contribution is -0.138. The molecule has 9 nitrogen and oxygen atoms in total. The van der Waals surface area contributed by atoms with Crippen LogP contribution in [0.4, 0.5) is 23.7 Å². The van der Waals surface area contributed by atoms with E-state index in [1.807, 2.05) is 13.0 Å². The summed E-state index contributed by atoms with van der Waals surface area (Å²) in [5, 5.41) is 2.55. The number of amides is 2. The molecule has 0 aromatic heterocycles. The number of rotatable bonds is 11. The van der Waals surface area contributed by atoms with Gasteiger partial charge in [0.1, 0.15) is 18.1 Å². The quantitative estimate of drug-likeness (QED) is 0.202. The van der Waals surface area contributed by atoms with Gasteiger partial charge in [0.2, 0.25) is 5.60 Å². The highest BCUT2D eigenvalue weighted by Gasteiger charge is 2.48. The van der Waals surface area contributed by atoms with Gasteiger partial charge in [-0.1, -0.05) is 55.8 Å². The van der Waals surface area contributed by atoms with Crippen molar-refractivity contribution in [2.24, 2.45) is 0 Å². The van der Waals surface area contributed by atoms with Crippen LogP contribution < -0.4 is 19.7 Å². The average molecular weight is 615 g/mol. The minimum atomic E-state index is -4.93. The lowest BCUT2D eigenvalue weighted by Gasteiger charge is -2.41. The number of ether oxygens (including phenoxy) is 4. The Morgan fingerprint density at radius 1 is 1.05 bits per heavy atom. The predicted molar refractivity (Wildman–Crippen MR) is 155 cm³/mol. The average Bonchev–Trinajstić information content (AvgIpc) is 3.01. The Labute approximate surface area is 252 Å². The maximum Gasteiger partial charge on any atom is 0.417 e. The van der Waals surface area contributed by atoms with Crippen molar-refractivity contribution in [1.29, 1.82) is 0 Å². The Hall–Kier alpha value is -4.74. The lowest BCUT2D eigenvalue weighted by Crippen LogP contribution is -2.54. The van der Waals surface area contributed by atoms with Crippen LogP contribution in [0.3, 0.4) is 0 Å². The fourth-order valence-electron chi connectivity index (χ4n) is 4.67. The first-order valence-corrected chi connectivity index (χ1v) is 14.0. The molecule has 1 atom stereocenters. The molecule has 0 saturated heterocycles. The predicted octanol–water partition coefficient (Wildman–Crippen LogP) is 6.24. The number of anilines is 1. The highest BCUT2D eigenvalue weighted by atomic mass is 19.4. The van der Waals surface area contributed by atoms with E-state index >= 15 is 0 Å². The summed E-state index contributed by atoms with van der Waals surface area (Å²) in [6.07, 6.45) is -3.96. The smallest absolute Gasteiger partial charge is 0.417 e. The maximum atomic E-state index is 14.1. The van der Waals surface area contributed by atoms with E-state index in [1.54, 1.807) is 48.5 Å². The molecule has 0 aliphatic carbocycles. The molecule has 234 valence electrons. The Kier molecular flexibility index (Phi) is 10.0. The van der Waals surface area contributed by atoms with Gasteiger partial charge in [-0.3, -0.25) is 4.79 Å². The van der Waals surface area contributed by atoms with Crippen LogP contribution in [0, 0.1) is 0 Å². The molecule has 1 N–H and O–H groups in total. The van der Waals surface area contributed by atoms with Gasteiger partial charge in [-0.2, -0.15) is 13.2 Å². The van der Waals surface area contributed by atoms with Crippen molar-refractivity contribution in [3.8, 4) is 11.5 Å². The number of fused-ring (bicyclic) bond motifs is 1. The summed E-state index contributed by atoms with van der Waals surface area (Å²) in [6, 6.07) is 17.2. The van der Waals surface area contributed by atoms with Crippen LogP contribution in [0.5, 0.6) is 11.5 Å². The topological polar surface area (TPSA) is 103 Å². The minimum Gasteiger partial charge on any atom is -0.494 e. The molecule has 3 aromatic rings. The number of alkyl halides is 3. The first-order valence-electron chi connectivity index (χ1n) is 14.0.